The van der Waals surface area contributed by atoms with E-state index in [1.165, 1.54) is 0 Å². The molecule has 0 N–H and O–H groups in total. The summed E-state index contributed by atoms with van der Waals surface area (Å²) >= 11 is 17.6. The average molecular weight is 278 g/mol. The number of aromatic nitrogens is 2. The first kappa shape index (κ1) is 11.7. The molecule has 0 amide bonds. The van der Waals surface area contributed by atoms with Gasteiger partial charge in [0.25, 0.3) is 5.89 Å². The van der Waals surface area contributed by atoms with Crippen LogP contribution in [0.15, 0.2) is 22.7 Å². The molecule has 0 bridgehead atoms. The lowest BCUT2D eigenvalue weighted by Gasteiger charge is -1.97. The minimum absolute atomic E-state index is 0.299. The molecule has 3 nitrogen and oxygen atoms in total. The van der Waals surface area contributed by atoms with Crippen LogP contribution >= 0.6 is 34.8 Å². The lowest BCUT2D eigenvalue weighted by Crippen LogP contribution is -1.86. The highest BCUT2D eigenvalue weighted by atomic mass is 35.5. The molecule has 1 unspecified atom stereocenters. The number of alkyl halides is 1. The fraction of sp³-hybridized carbons (Fsp3) is 0.200. The maximum atomic E-state index is 5.87. The summed E-state index contributed by atoms with van der Waals surface area (Å²) in [6, 6.07) is 5.03. The smallest absolute Gasteiger partial charge is 0.258 e. The van der Waals surface area contributed by atoms with E-state index in [4.69, 9.17) is 39.3 Å². The van der Waals surface area contributed by atoms with Crippen LogP contribution in [0.1, 0.15) is 18.1 Å². The monoisotopic (exact) mass is 276 g/mol. The van der Waals surface area contributed by atoms with Crippen LogP contribution in [0.2, 0.25) is 10.0 Å². The van der Waals surface area contributed by atoms with E-state index < -0.39 is 0 Å². The molecular weight excluding hydrogens is 270 g/mol. The van der Waals surface area contributed by atoms with Crippen LogP contribution < -0.4 is 0 Å². The minimum Gasteiger partial charge on any atom is -0.334 e. The van der Waals surface area contributed by atoms with E-state index >= 15 is 0 Å². The molecule has 2 rings (SSSR count). The fourth-order valence-electron chi connectivity index (χ4n) is 1.19. The molecule has 0 aliphatic rings. The summed E-state index contributed by atoms with van der Waals surface area (Å²) in [7, 11) is 0. The molecule has 84 valence electrons. The first-order valence-corrected chi connectivity index (χ1v) is 5.69. The molecular formula is C10H7Cl3N2O. The van der Waals surface area contributed by atoms with Gasteiger partial charge in [0.05, 0.1) is 5.38 Å². The molecule has 16 heavy (non-hydrogen) atoms. The second-order valence-electron chi connectivity index (χ2n) is 3.23. The average Bonchev–Trinajstić information content (AvgIpc) is 2.64. The van der Waals surface area contributed by atoms with Crippen LogP contribution in [0.4, 0.5) is 0 Å². The summed E-state index contributed by atoms with van der Waals surface area (Å²) < 4.78 is 5.06. The van der Waals surface area contributed by atoms with Crippen molar-refractivity contribution in [3.05, 3.63) is 34.1 Å². The summed E-state index contributed by atoms with van der Waals surface area (Å²) in [6.45, 7) is 1.77. The number of hydrogen-bond donors (Lipinski definition) is 0. The third-order valence-corrected chi connectivity index (χ3v) is 2.54. The molecule has 2 aromatic rings. The Morgan fingerprint density at radius 2 is 1.81 bits per heavy atom. The summed E-state index contributed by atoms with van der Waals surface area (Å²) in [5.74, 6) is 0.791. The Balaban J connectivity index is 2.42. The van der Waals surface area contributed by atoms with E-state index in [1.54, 1.807) is 25.1 Å². The quantitative estimate of drug-likeness (QED) is 0.766. The van der Waals surface area contributed by atoms with Crippen molar-refractivity contribution in [3.8, 4) is 11.5 Å². The maximum absolute atomic E-state index is 5.87. The van der Waals surface area contributed by atoms with Crippen LogP contribution in [-0.4, -0.2) is 10.1 Å². The summed E-state index contributed by atoms with van der Waals surface area (Å²) in [5, 5.41) is 4.48. The molecule has 1 heterocycles. The van der Waals surface area contributed by atoms with Gasteiger partial charge in [-0.15, -0.1) is 11.6 Å². The van der Waals surface area contributed by atoms with E-state index in [2.05, 4.69) is 10.1 Å². The van der Waals surface area contributed by atoms with Gasteiger partial charge in [-0.2, -0.15) is 4.98 Å². The zero-order chi connectivity index (χ0) is 11.7. The van der Waals surface area contributed by atoms with Crippen molar-refractivity contribution in [3.63, 3.8) is 0 Å². The Morgan fingerprint density at radius 3 is 2.31 bits per heavy atom. The molecule has 0 saturated heterocycles. The number of nitrogens with zero attached hydrogens (tertiary/aromatic N) is 2. The number of rotatable bonds is 2. The molecule has 1 atom stereocenters. The molecule has 0 fully saturated rings. The van der Waals surface area contributed by atoms with Crippen molar-refractivity contribution in [2.24, 2.45) is 0 Å². The molecule has 1 aromatic carbocycles. The Labute approximate surface area is 107 Å². The topological polar surface area (TPSA) is 38.9 Å². The second-order valence-corrected chi connectivity index (χ2v) is 4.76. The van der Waals surface area contributed by atoms with Gasteiger partial charge >= 0.3 is 0 Å². The third kappa shape index (κ3) is 2.48. The highest BCUT2D eigenvalue weighted by Gasteiger charge is 2.13. The van der Waals surface area contributed by atoms with Gasteiger partial charge in [0, 0.05) is 15.6 Å². The van der Waals surface area contributed by atoms with E-state index in [0.29, 0.717) is 27.3 Å². The minimum atomic E-state index is -0.299. The van der Waals surface area contributed by atoms with Gasteiger partial charge in [-0.25, -0.2) is 0 Å². The van der Waals surface area contributed by atoms with Crippen LogP contribution in [0.25, 0.3) is 11.5 Å². The lowest BCUT2D eigenvalue weighted by molar-refractivity contribution is 0.422. The summed E-state index contributed by atoms with van der Waals surface area (Å²) in [4.78, 5) is 4.14. The Hall–Kier alpha value is -0.770. The van der Waals surface area contributed by atoms with E-state index in [1.807, 2.05) is 0 Å². The first-order chi connectivity index (χ1) is 7.56. The van der Waals surface area contributed by atoms with Gasteiger partial charge in [-0.05, 0) is 25.1 Å². The van der Waals surface area contributed by atoms with Crippen molar-refractivity contribution < 1.29 is 4.52 Å². The number of benzene rings is 1. The van der Waals surface area contributed by atoms with E-state index in [-0.39, 0.29) is 5.38 Å². The van der Waals surface area contributed by atoms with Crippen molar-refractivity contribution >= 4 is 34.8 Å². The van der Waals surface area contributed by atoms with Crippen LogP contribution in [-0.2, 0) is 0 Å². The normalized spacial score (nSPS) is 12.8. The lowest BCUT2D eigenvalue weighted by atomic mass is 10.2. The van der Waals surface area contributed by atoms with Gasteiger partial charge in [0.1, 0.15) is 0 Å². The molecule has 0 aliphatic heterocycles. The van der Waals surface area contributed by atoms with Crippen LogP contribution in [0.3, 0.4) is 0 Å². The van der Waals surface area contributed by atoms with E-state index in [9.17, 15) is 0 Å². The van der Waals surface area contributed by atoms with E-state index in [0.717, 1.165) is 0 Å². The first-order valence-electron chi connectivity index (χ1n) is 4.50. The SMILES string of the molecule is CC(Cl)c1noc(-c2cc(Cl)cc(Cl)c2)n1. The van der Waals surface area contributed by atoms with Crippen molar-refractivity contribution in [2.75, 3.05) is 0 Å². The van der Waals surface area contributed by atoms with Crippen molar-refractivity contribution in [1.82, 2.24) is 10.1 Å². The van der Waals surface area contributed by atoms with Crippen LogP contribution in [0.5, 0.6) is 0 Å². The Bertz CT molecular complexity index is 490. The maximum Gasteiger partial charge on any atom is 0.258 e. The molecule has 0 spiro atoms. The highest BCUT2D eigenvalue weighted by molar-refractivity contribution is 6.35. The largest absolute Gasteiger partial charge is 0.334 e. The van der Waals surface area contributed by atoms with Gasteiger partial charge in [0.2, 0.25) is 0 Å². The number of halogens is 3. The third-order valence-electron chi connectivity index (χ3n) is 1.91. The predicted octanol–water partition coefficient (Wildman–Crippen LogP) is 4.34. The van der Waals surface area contributed by atoms with Gasteiger partial charge < -0.3 is 4.52 Å². The molecule has 1 aromatic heterocycles. The van der Waals surface area contributed by atoms with Gasteiger partial charge in [-0.3, -0.25) is 0 Å². The van der Waals surface area contributed by atoms with Crippen molar-refractivity contribution in [2.45, 2.75) is 12.3 Å². The van der Waals surface area contributed by atoms with Crippen LogP contribution in [0, 0.1) is 0 Å². The van der Waals surface area contributed by atoms with Crippen molar-refractivity contribution in [1.29, 1.82) is 0 Å². The predicted molar refractivity (Wildman–Crippen MR) is 64.0 cm³/mol. The zero-order valence-electron chi connectivity index (χ0n) is 8.25. The summed E-state index contributed by atoms with van der Waals surface area (Å²) in [5.41, 5.74) is 0.675. The molecule has 6 heteroatoms. The standard InChI is InChI=1S/C10H7Cl3N2O/c1-5(11)9-14-10(16-15-9)6-2-7(12)4-8(13)3-6/h2-5H,1H3. The van der Waals surface area contributed by atoms with Gasteiger partial charge in [-0.1, -0.05) is 28.4 Å². The summed E-state index contributed by atoms with van der Waals surface area (Å²) in [6.07, 6.45) is 0. The highest BCUT2D eigenvalue weighted by Crippen LogP contribution is 2.27. The second kappa shape index (κ2) is 4.62. The molecule has 0 aliphatic carbocycles. The zero-order valence-corrected chi connectivity index (χ0v) is 10.5. The molecule has 0 saturated carbocycles. The van der Waals surface area contributed by atoms with Gasteiger partial charge in [0.15, 0.2) is 5.82 Å². The fourth-order valence-corrected chi connectivity index (χ4v) is 1.81. The Morgan fingerprint density at radius 1 is 1.19 bits per heavy atom. The Kier molecular flexibility index (Phi) is 3.38. The molecule has 0 radical (unpaired) electrons. The number of hydrogen-bond acceptors (Lipinski definition) is 3.